The third kappa shape index (κ3) is 14.9. The molecule has 0 aliphatic heterocycles. The van der Waals surface area contributed by atoms with Crippen molar-refractivity contribution in [1.82, 2.24) is 5.32 Å². The van der Waals surface area contributed by atoms with Gasteiger partial charge in [-0.15, -0.1) is 0 Å². The molecule has 1 aliphatic carbocycles. The van der Waals surface area contributed by atoms with Crippen LogP contribution in [-0.2, 0) is 14.3 Å². The van der Waals surface area contributed by atoms with Crippen molar-refractivity contribution < 1.29 is 19.1 Å². The number of ether oxygens (including phenoxy) is 2. The Morgan fingerprint density at radius 2 is 1.15 bits per heavy atom. The third-order valence-corrected chi connectivity index (χ3v) is 6.97. The number of hydrogen-bond donors (Lipinski definition) is 1. The molecule has 0 saturated heterocycles. The second-order valence-corrected chi connectivity index (χ2v) is 10.8. The van der Waals surface area contributed by atoms with Crippen LogP contribution in [0.4, 0.5) is 4.79 Å². The van der Waals surface area contributed by atoms with Gasteiger partial charge in [-0.2, -0.15) is 0 Å². The van der Waals surface area contributed by atoms with Crippen molar-refractivity contribution in [2.45, 2.75) is 155 Å². The van der Waals surface area contributed by atoms with Crippen molar-refractivity contribution in [3.63, 3.8) is 0 Å². The van der Waals surface area contributed by atoms with Gasteiger partial charge in [-0.1, -0.05) is 130 Å². The van der Waals surface area contributed by atoms with Gasteiger partial charge in [-0.05, 0) is 25.2 Å². The summed E-state index contributed by atoms with van der Waals surface area (Å²) in [5, 5.41) is 2.82. The number of unbranched alkanes of at least 4 members (excludes halogenated alkanes) is 15. The predicted octanol–water partition coefficient (Wildman–Crippen LogP) is 8.49. The first-order valence-corrected chi connectivity index (χ1v) is 14.6. The zero-order valence-electron chi connectivity index (χ0n) is 22.8. The van der Waals surface area contributed by atoms with Gasteiger partial charge in [0.15, 0.2) is 0 Å². The van der Waals surface area contributed by atoms with Crippen LogP contribution in [0.3, 0.4) is 0 Å². The lowest BCUT2D eigenvalue weighted by Crippen LogP contribution is -2.53. The van der Waals surface area contributed by atoms with Crippen LogP contribution in [0, 0.1) is 5.92 Å². The molecule has 0 radical (unpaired) electrons. The smallest absolute Gasteiger partial charge is 0.408 e. The Morgan fingerprint density at radius 3 is 1.59 bits per heavy atom. The van der Waals surface area contributed by atoms with E-state index in [1.165, 1.54) is 89.9 Å². The van der Waals surface area contributed by atoms with Gasteiger partial charge in [0.1, 0.15) is 5.54 Å². The van der Waals surface area contributed by atoms with Gasteiger partial charge in [-0.3, -0.25) is 0 Å². The van der Waals surface area contributed by atoms with E-state index in [1.807, 2.05) is 13.8 Å². The Hall–Kier alpha value is -1.26. The second kappa shape index (κ2) is 20.0. The minimum absolute atomic E-state index is 0.270. The number of nitrogens with one attached hydrogen (secondary N) is 1. The maximum Gasteiger partial charge on any atom is 0.408 e. The largest absolute Gasteiger partial charge is 0.464 e. The first-order valence-electron chi connectivity index (χ1n) is 14.6. The molecule has 1 fully saturated rings. The first kappa shape index (κ1) is 30.8. The molecule has 1 amide bonds. The fourth-order valence-corrected chi connectivity index (χ4v) is 4.79. The molecule has 0 aromatic heterocycles. The maximum absolute atomic E-state index is 12.7. The molecule has 1 N–H and O–H groups in total. The van der Waals surface area contributed by atoms with Crippen LogP contribution in [-0.4, -0.2) is 30.8 Å². The second-order valence-electron chi connectivity index (χ2n) is 10.8. The average molecular weight is 482 g/mol. The van der Waals surface area contributed by atoms with Crippen LogP contribution in [0.5, 0.6) is 0 Å². The molecule has 200 valence electrons. The molecule has 0 aromatic carbocycles. The van der Waals surface area contributed by atoms with Crippen molar-refractivity contribution in [1.29, 1.82) is 0 Å². The molecule has 1 saturated carbocycles. The van der Waals surface area contributed by atoms with E-state index in [4.69, 9.17) is 9.47 Å². The highest BCUT2D eigenvalue weighted by molar-refractivity contribution is 5.86. The molecular weight excluding hydrogens is 426 g/mol. The third-order valence-electron chi connectivity index (χ3n) is 6.97. The Labute approximate surface area is 210 Å². The minimum Gasteiger partial charge on any atom is -0.464 e. The monoisotopic (exact) mass is 481 g/mol. The van der Waals surface area contributed by atoms with Gasteiger partial charge < -0.3 is 14.8 Å². The molecule has 0 spiro atoms. The topological polar surface area (TPSA) is 64.6 Å². The summed E-state index contributed by atoms with van der Waals surface area (Å²) in [6.07, 6.45) is 23.8. The fraction of sp³-hybridized carbons (Fsp3) is 0.931. The lowest BCUT2D eigenvalue weighted by Gasteiger charge is -2.27. The Balaban J connectivity index is 1.98. The van der Waals surface area contributed by atoms with E-state index >= 15 is 0 Å². The van der Waals surface area contributed by atoms with E-state index in [1.54, 1.807) is 0 Å². The summed E-state index contributed by atoms with van der Waals surface area (Å²) in [6.45, 7) is 7.06. The van der Waals surface area contributed by atoms with Gasteiger partial charge in [0.05, 0.1) is 13.2 Å². The number of hydrogen-bond acceptors (Lipinski definition) is 4. The molecule has 34 heavy (non-hydrogen) atoms. The lowest BCUT2D eigenvalue weighted by molar-refractivity contribution is -0.151. The molecule has 0 atom stereocenters. The molecular formula is C29H55NO4. The summed E-state index contributed by atoms with van der Waals surface area (Å²) in [5.41, 5.74) is -0.886. The molecule has 0 bridgehead atoms. The van der Waals surface area contributed by atoms with Crippen LogP contribution in [0.1, 0.15) is 149 Å². The zero-order valence-corrected chi connectivity index (χ0v) is 22.8. The molecule has 5 heteroatoms. The van der Waals surface area contributed by atoms with E-state index in [0.717, 1.165) is 25.7 Å². The summed E-state index contributed by atoms with van der Waals surface area (Å²) in [6, 6.07) is 0. The van der Waals surface area contributed by atoms with E-state index in [0.29, 0.717) is 26.1 Å². The predicted molar refractivity (Wildman–Crippen MR) is 141 cm³/mol. The Bertz CT molecular complexity index is 514. The van der Waals surface area contributed by atoms with Gasteiger partial charge in [0, 0.05) is 0 Å². The van der Waals surface area contributed by atoms with E-state index in [9.17, 15) is 9.59 Å². The highest BCUT2D eigenvalue weighted by atomic mass is 16.6. The highest BCUT2D eigenvalue weighted by Gasteiger charge is 2.44. The fourth-order valence-electron chi connectivity index (χ4n) is 4.79. The molecule has 0 aromatic rings. The number of amides is 1. The van der Waals surface area contributed by atoms with Gasteiger partial charge in [0.25, 0.3) is 0 Å². The van der Waals surface area contributed by atoms with E-state index in [-0.39, 0.29) is 11.9 Å². The van der Waals surface area contributed by atoms with Crippen LogP contribution < -0.4 is 5.32 Å². The van der Waals surface area contributed by atoms with E-state index in [2.05, 4.69) is 12.2 Å². The molecule has 0 unspecified atom stereocenters. The van der Waals surface area contributed by atoms with Crippen LogP contribution in [0.25, 0.3) is 0 Å². The normalized spacial score (nSPS) is 14.9. The zero-order chi connectivity index (χ0) is 24.9. The minimum atomic E-state index is -0.886. The molecule has 1 aliphatic rings. The summed E-state index contributed by atoms with van der Waals surface area (Å²) < 4.78 is 10.8. The van der Waals surface area contributed by atoms with Gasteiger partial charge in [-0.25, -0.2) is 9.59 Å². The number of alkyl carbamates (subject to hydrolysis) is 1. The van der Waals surface area contributed by atoms with Crippen LogP contribution in [0.15, 0.2) is 0 Å². The van der Waals surface area contributed by atoms with Crippen molar-refractivity contribution in [3.05, 3.63) is 0 Å². The lowest BCUT2D eigenvalue weighted by atomic mass is 9.98. The summed E-state index contributed by atoms with van der Waals surface area (Å²) >= 11 is 0. The Morgan fingerprint density at radius 1 is 0.706 bits per heavy atom. The number of esters is 1. The van der Waals surface area contributed by atoms with Crippen LogP contribution in [0.2, 0.25) is 0 Å². The van der Waals surface area contributed by atoms with Gasteiger partial charge in [0.2, 0.25) is 0 Å². The standard InChI is InChI=1S/C29H55NO4/c1-4-5-6-7-8-9-10-11-12-13-14-15-16-17-18-21-24-33-27(31)29(22-19-20-23-29)30-28(32)34-25-26(2)3/h26H,4-25H2,1-3H3,(H,30,32). The van der Waals surface area contributed by atoms with Gasteiger partial charge >= 0.3 is 12.1 Å². The van der Waals surface area contributed by atoms with Crippen molar-refractivity contribution in [2.24, 2.45) is 5.92 Å². The summed E-state index contributed by atoms with van der Waals surface area (Å²) in [7, 11) is 0. The van der Waals surface area contributed by atoms with Crippen LogP contribution >= 0.6 is 0 Å². The summed E-state index contributed by atoms with van der Waals surface area (Å²) in [4.78, 5) is 24.8. The number of rotatable bonds is 21. The SMILES string of the molecule is CCCCCCCCCCCCCCCCCCOC(=O)C1(NC(=O)OCC(C)C)CCCC1. The van der Waals surface area contributed by atoms with E-state index < -0.39 is 11.6 Å². The molecule has 1 rings (SSSR count). The quantitative estimate of drug-likeness (QED) is 0.132. The molecule has 5 nitrogen and oxygen atoms in total. The first-order chi connectivity index (χ1) is 16.5. The summed E-state index contributed by atoms with van der Waals surface area (Å²) in [5.74, 6) is -0.0143. The highest BCUT2D eigenvalue weighted by Crippen LogP contribution is 2.31. The number of carbonyl (C=O) groups excluding carboxylic acids is 2. The Kier molecular flexibility index (Phi) is 18.1. The average Bonchev–Trinajstić information content (AvgIpc) is 3.29. The number of carbonyl (C=O) groups is 2. The van der Waals surface area contributed by atoms with Crippen molar-refractivity contribution in [3.8, 4) is 0 Å². The van der Waals surface area contributed by atoms with Crippen molar-refractivity contribution >= 4 is 12.1 Å². The maximum atomic E-state index is 12.7. The molecule has 0 heterocycles. The van der Waals surface area contributed by atoms with Crippen molar-refractivity contribution in [2.75, 3.05) is 13.2 Å².